The number of pyridine rings is 1. The number of hydrogen-bond donors (Lipinski definition) is 1. The Morgan fingerprint density at radius 3 is 2.78 bits per heavy atom. The van der Waals surface area contributed by atoms with E-state index in [0.29, 0.717) is 12.2 Å². The minimum Gasteiger partial charge on any atom is -0.359 e. The van der Waals surface area contributed by atoms with Crippen molar-refractivity contribution in [2.24, 2.45) is 0 Å². The Balaban J connectivity index is 1.94. The Labute approximate surface area is 137 Å². The van der Waals surface area contributed by atoms with Gasteiger partial charge in [-0.15, -0.1) is 0 Å². The molecule has 2 heterocycles. The van der Waals surface area contributed by atoms with E-state index in [-0.39, 0.29) is 5.91 Å². The molecule has 1 N–H and O–H groups in total. The number of nitrogens with one attached hydrogen (secondary N) is 1. The Bertz CT molecular complexity index is 617. The second kappa shape index (κ2) is 8.82. The number of carbonyl (C=O) groups is 1. The topological polar surface area (TPSA) is 71.0 Å². The van der Waals surface area contributed by atoms with Crippen molar-refractivity contribution in [3.05, 3.63) is 48.2 Å². The molecule has 6 nitrogen and oxygen atoms in total. The second-order valence-corrected chi connectivity index (χ2v) is 5.40. The molecule has 1 amide bonds. The standard InChI is InChI=1S/C17H23N5O/c1-3-4-8-19-17(23)15-12-16(21-13-20-15)22(2)11-7-14-5-9-18-10-6-14/h5-6,9-10,12-13H,3-4,7-8,11H2,1-2H3,(H,19,23). The first-order chi connectivity index (χ1) is 11.2. The molecule has 6 heteroatoms. The Kier molecular flexibility index (Phi) is 6.47. The van der Waals surface area contributed by atoms with Crippen LogP contribution in [0.1, 0.15) is 35.8 Å². The van der Waals surface area contributed by atoms with Crippen molar-refractivity contribution in [2.45, 2.75) is 26.2 Å². The molecule has 0 bridgehead atoms. The molecule has 0 aromatic carbocycles. The van der Waals surface area contributed by atoms with E-state index < -0.39 is 0 Å². The summed E-state index contributed by atoms with van der Waals surface area (Å²) in [6.45, 7) is 3.57. The summed E-state index contributed by atoms with van der Waals surface area (Å²) in [4.78, 5) is 26.4. The molecule has 2 rings (SSSR count). The van der Waals surface area contributed by atoms with Crippen LogP contribution < -0.4 is 10.2 Å². The Hall–Kier alpha value is -2.50. The summed E-state index contributed by atoms with van der Waals surface area (Å²) < 4.78 is 0. The highest BCUT2D eigenvalue weighted by Crippen LogP contribution is 2.10. The van der Waals surface area contributed by atoms with Gasteiger partial charge in [0.25, 0.3) is 5.91 Å². The number of unbranched alkanes of at least 4 members (excludes halogenated alkanes) is 1. The fourth-order valence-corrected chi connectivity index (χ4v) is 2.11. The molecule has 0 aliphatic carbocycles. The molecular weight excluding hydrogens is 290 g/mol. The first-order valence-corrected chi connectivity index (χ1v) is 7.91. The minimum absolute atomic E-state index is 0.148. The van der Waals surface area contributed by atoms with Crippen molar-refractivity contribution in [1.29, 1.82) is 0 Å². The number of anilines is 1. The lowest BCUT2D eigenvalue weighted by Gasteiger charge is -2.18. The first-order valence-electron chi connectivity index (χ1n) is 7.91. The molecule has 0 atom stereocenters. The van der Waals surface area contributed by atoms with Gasteiger partial charge >= 0.3 is 0 Å². The summed E-state index contributed by atoms with van der Waals surface area (Å²) in [6, 6.07) is 5.73. The van der Waals surface area contributed by atoms with Crippen LogP contribution in [0.3, 0.4) is 0 Å². The third-order valence-electron chi connectivity index (χ3n) is 3.58. The molecule has 23 heavy (non-hydrogen) atoms. The lowest BCUT2D eigenvalue weighted by atomic mass is 10.2. The van der Waals surface area contributed by atoms with Crippen molar-refractivity contribution in [2.75, 3.05) is 25.0 Å². The van der Waals surface area contributed by atoms with Crippen molar-refractivity contribution in [3.8, 4) is 0 Å². The van der Waals surface area contributed by atoms with Crippen LogP contribution in [-0.4, -0.2) is 41.0 Å². The third-order valence-corrected chi connectivity index (χ3v) is 3.58. The predicted molar refractivity (Wildman–Crippen MR) is 90.5 cm³/mol. The third kappa shape index (κ3) is 5.32. The smallest absolute Gasteiger partial charge is 0.270 e. The molecule has 0 saturated heterocycles. The Morgan fingerprint density at radius 2 is 2.04 bits per heavy atom. The number of nitrogens with zero attached hydrogens (tertiary/aromatic N) is 4. The van der Waals surface area contributed by atoms with Gasteiger partial charge < -0.3 is 10.2 Å². The van der Waals surface area contributed by atoms with Gasteiger partial charge in [0.2, 0.25) is 0 Å². The van der Waals surface area contributed by atoms with E-state index in [2.05, 4.69) is 27.2 Å². The van der Waals surface area contributed by atoms with Gasteiger partial charge in [-0.3, -0.25) is 9.78 Å². The number of rotatable bonds is 8. The van der Waals surface area contributed by atoms with E-state index in [1.165, 1.54) is 11.9 Å². The summed E-state index contributed by atoms with van der Waals surface area (Å²) >= 11 is 0. The Morgan fingerprint density at radius 1 is 1.26 bits per heavy atom. The number of likely N-dealkylation sites (N-methyl/N-ethyl adjacent to an activating group) is 1. The molecule has 0 saturated carbocycles. The summed E-state index contributed by atoms with van der Waals surface area (Å²) in [7, 11) is 1.96. The molecule has 0 fully saturated rings. The summed E-state index contributed by atoms with van der Waals surface area (Å²) in [5.41, 5.74) is 1.63. The van der Waals surface area contributed by atoms with Gasteiger partial charge in [0, 0.05) is 38.6 Å². The zero-order valence-corrected chi connectivity index (χ0v) is 13.7. The average Bonchev–Trinajstić information content (AvgIpc) is 2.61. The zero-order valence-electron chi connectivity index (χ0n) is 13.7. The maximum atomic E-state index is 12.0. The highest BCUT2D eigenvalue weighted by Gasteiger charge is 2.10. The zero-order chi connectivity index (χ0) is 16.5. The van der Waals surface area contributed by atoms with E-state index in [1.54, 1.807) is 18.5 Å². The molecule has 0 unspecified atom stereocenters. The number of aromatic nitrogens is 3. The van der Waals surface area contributed by atoms with Crippen molar-refractivity contribution in [1.82, 2.24) is 20.3 Å². The summed E-state index contributed by atoms with van der Waals surface area (Å²) in [6.07, 6.45) is 7.92. The van der Waals surface area contributed by atoms with Crippen LogP contribution in [0.4, 0.5) is 5.82 Å². The van der Waals surface area contributed by atoms with Crippen LogP contribution in [0.2, 0.25) is 0 Å². The highest BCUT2D eigenvalue weighted by atomic mass is 16.1. The summed E-state index contributed by atoms with van der Waals surface area (Å²) in [5, 5.41) is 2.87. The first kappa shape index (κ1) is 16.9. The number of hydrogen-bond acceptors (Lipinski definition) is 5. The average molecular weight is 313 g/mol. The van der Waals surface area contributed by atoms with Crippen molar-refractivity contribution < 1.29 is 4.79 Å². The minimum atomic E-state index is -0.148. The van der Waals surface area contributed by atoms with Gasteiger partial charge in [0.1, 0.15) is 17.8 Å². The van der Waals surface area contributed by atoms with Gasteiger partial charge in [-0.2, -0.15) is 0 Å². The normalized spacial score (nSPS) is 10.3. The van der Waals surface area contributed by atoms with Crippen LogP contribution in [0.25, 0.3) is 0 Å². The van der Waals surface area contributed by atoms with Gasteiger partial charge in [0.15, 0.2) is 0 Å². The van der Waals surface area contributed by atoms with Crippen LogP contribution >= 0.6 is 0 Å². The van der Waals surface area contributed by atoms with E-state index in [1.807, 2.05) is 24.1 Å². The molecule has 2 aromatic heterocycles. The molecule has 122 valence electrons. The maximum Gasteiger partial charge on any atom is 0.270 e. The van der Waals surface area contributed by atoms with Gasteiger partial charge in [-0.25, -0.2) is 9.97 Å². The largest absolute Gasteiger partial charge is 0.359 e. The molecule has 0 aliphatic rings. The van der Waals surface area contributed by atoms with Gasteiger partial charge in [-0.05, 0) is 30.5 Å². The quantitative estimate of drug-likeness (QED) is 0.756. The SMILES string of the molecule is CCCCNC(=O)c1cc(N(C)CCc2ccncc2)ncn1. The van der Waals surface area contributed by atoms with E-state index in [4.69, 9.17) is 0 Å². The summed E-state index contributed by atoms with van der Waals surface area (Å²) in [5.74, 6) is 0.597. The van der Waals surface area contributed by atoms with E-state index in [9.17, 15) is 4.79 Å². The highest BCUT2D eigenvalue weighted by molar-refractivity contribution is 5.92. The van der Waals surface area contributed by atoms with Crippen molar-refractivity contribution in [3.63, 3.8) is 0 Å². The van der Waals surface area contributed by atoms with E-state index in [0.717, 1.165) is 31.6 Å². The fourth-order valence-electron chi connectivity index (χ4n) is 2.11. The fraction of sp³-hybridized carbons (Fsp3) is 0.412. The molecular formula is C17H23N5O. The maximum absolute atomic E-state index is 12.0. The van der Waals surface area contributed by atoms with Gasteiger partial charge in [0.05, 0.1) is 0 Å². The predicted octanol–water partition coefficient (Wildman–Crippen LogP) is 2.08. The molecule has 2 aromatic rings. The lowest BCUT2D eigenvalue weighted by Crippen LogP contribution is -2.27. The second-order valence-electron chi connectivity index (χ2n) is 5.40. The monoisotopic (exact) mass is 313 g/mol. The number of amides is 1. The molecule has 0 aliphatic heterocycles. The van der Waals surface area contributed by atoms with Gasteiger partial charge in [-0.1, -0.05) is 13.3 Å². The lowest BCUT2D eigenvalue weighted by molar-refractivity contribution is 0.0948. The molecule has 0 radical (unpaired) electrons. The van der Waals surface area contributed by atoms with Crippen LogP contribution in [0.15, 0.2) is 36.9 Å². The van der Waals surface area contributed by atoms with Crippen LogP contribution in [0, 0.1) is 0 Å². The van der Waals surface area contributed by atoms with E-state index >= 15 is 0 Å². The van der Waals surface area contributed by atoms with Crippen LogP contribution in [-0.2, 0) is 6.42 Å². The number of carbonyl (C=O) groups excluding carboxylic acids is 1. The molecule has 0 spiro atoms. The van der Waals surface area contributed by atoms with Crippen LogP contribution in [0.5, 0.6) is 0 Å². The van der Waals surface area contributed by atoms with Crippen molar-refractivity contribution >= 4 is 11.7 Å².